The van der Waals surface area contributed by atoms with Crippen LogP contribution in [0, 0.1) is 5.82 Å². The lowest BCUT2D eigenvalue weighted by atomic mass is 9.93. The Morgan fingerprint density at radius 1 is 0.902 bits per heavy atom. The van der Waals surface area contributed by atoms with Gasteiger partial charge in [-0.2, -0.15) is 0 Å². The first kappa shape index (κ1) is 30.8. The van der Waals surface area contributed by atoms with E-state index in [-0.39, 0.29) is 23.9 Å². The van der Waals surface area contributed by atoms with Crippen LogP contribution in [0.5, 0.6) is 0 Å². The van der Waals surface area contributed by atoms with E-state index >= 15 is 0 Å². The third kappa shape index (κ3) is 8.68. The lowest BCUT2D eigenvalue weighted by Crippen LogP contribution is -2.52. The molecule has 4 rings (SSSR count). The average molecular weight is 566 g/mol. The molecule has 2 aromatic carbocycles. The Balaban J connectivity index is 1.33. The van der Waals surface area contributed by atoms with Crippen LogP contribution >= 0.6 is 0 Å². The topological polar surface area (TPSA) is 67.9 Å². The summed E-state index contributed by atoms with van der Waals surface area (Å²) in [7, 11) is 0. The molecule has 2 N–H and O–H groups in total. The molecule has 224 valence electrons. The number of nitrogens with one attached hydrogen (secondary N) is 2. The van der Waals surface area contributed by atoms with Crippen LogP contribution in [-0.2, 0) is 6.54 Å². The largest absolute Gasteiger partial charge is 0.335 e. The first-order chi connectivity index (χ1) is 19.7. The standard InChI is InChI=1S/C33H48FN5O2/c1-24(2)29-11-8-12-30(25(3)4)31(29)36-33(41)38-20-17-37(18-21-38)19-22-39(23-26-13-15-27(34)16-14-26)32(40)35-28-9-6-5-7-10-28/h8,11-16,24-25,28H,5-7,9-10,17-23H2,1-4H3,(H,35,40)(H,36,41). The van der Waals surface area contributed by atoms with Crippen LogP contribution in [0.1, 0.15) is 88.3 Å². The second-order valence-corrected chi connectivity index (χ2v) is 12.2. The SMILES string of the molecule is CC(C)c1cccc(C(C)C)c1NC(=O)N1CCN(CCN(Cc2ccc(F)cc2)C(=O)NC2CCCCC2)CC1. The number of rotatable bonds is 9. The van der Waals surface area contributed by atoms with Crippen molar-refractivity contribution in [2.24, 2.45) is 0 Å². The van der Waals surface area contributed by atoms with Crippen molar-refractivity contribution in [3.8, 4) is 0 Å². The van der Waals surface area contributed by atoms with Crippen molar-refractivity contribution in [3.05, 3.63) is 65.0 Å². The van der Waals surface area contributed by atoms with Gasteiger partial charge in [0.2, 0.25) is 0 Å². The van der Waals surface area contributed by atoms with Gasteiger partial charge in [0.05, 0.1) is 0 Å². The molecule has 4 amide bonds. The molecule has 1 saturated heterocycles. The molecule has 2 aliphatic rings. The smallest absolute Gasteiger partial charge is 0.321 e. The Morgan fingerprint density at radius 3 is 2.10 bits per heavy atom. The predicted octanol–water partition coefficient (Wildman–Crippen LogP) is 6.77. The van der Waals surface area contributed by atoms with Crippen LogP contribution in [0.2, 0.25) is 0 Å². The third-order valence-corrected chi connectivity index (χ3v) is 8.46. The number of nitrogens with zero attached hydrogens (tertiary/aromatic N) is 3. The maximum Gasteiger partial charge on any atom is 0.321 e. The van der Waals surface area contributed by atoms with Gasteiger partial charge in [0.15, 0.2) is 0 Å². The van der Waals surface area contributed by atoms with Gasteiger partial charge in [-0.1, -0.05) is 77.3 Å². The molecule has 0 unspecified atom stereocenters. The minimum atomic E-state index is -0.276. The number of hydrogen-bond donors (Lipinski definition) is 2. The summed E-state index contributed by atoms with van der Waals surface area (Å²) in [6.45, 7) is 13.1. The van der Waals surface area contributed by atoms with Crippen molar-refractivity contribution in [2.45, 2.75) is 84.2 Å². The average Bonchev–Trinajstić information content (AvgIpc) is 2.96. The molecule has 0 spiro atoms. The van der Waals surface area contributed by atoms with Gasteiger partial charge in [0.25, 0.3) is 0 Å². The normalized spacial score (nSPS) is 16.7. The molecule has 0 aromatic heterocycles. The van der Waals surface area contributed by atoms with Crippen molar-refractivity contribution >= 4 is 17.7 Å². The van der Waals surface area contributed by atoms with Crippen molar-refractivity contribution in [2.75, 3.05) is 44.6 Å². The highest BCUT2D eigenvalue weighted by Crippen LogP contribution is 2.32. The third-order valence-electron chi connectivity index (χ3n) is 8.46. The van der Waals surface area contributed by atoms with Crippen LogP contribution in [0.25, 0.3) is 0 Å². The minimum absolute atomic E-state index is 0.0514. The Hall–Kier alpha value is -3.13. The van der Waals surface area contributed by atoms with E-state index in [0.29, 0.717) is 38.0 Å². The molecule has 0 radical (unpaired) electrons. The molecule has 1 saturated carbocycles. The molecule has 1 heterocycles. The summed E-state index contributed by atoms with van der Waals surface area (Å²) in [5, 5.41) is 6.48. The van der Waals surface area contributed by atoms with Crippen LogP contribution < -0.4 is 10.6 Å². The summed E-state index contributed by atoms with van der Waals surface area (Å²) in [6, 6.07) is 12.8. The minimum Gasteiger partial charge on any atom is -0.335 e. The van der Waals surface area contributed by atoms with Gasteiger partial charge in [-0.15, -0.1) is 0 Å². The number of para-hydroxylation sites is 1. The Bertz CT molecular complexity index is 1110. The molecular weight excluding hydrogens is 517 g/mol. The summed E-state index contributed by atoms with van der Waals surface area (Å²) in [5.74, 6) is 0.352. The zero-order chi connectivity index (χ0) is 29.4. The first-order valence-corrected chi connectivity index (χ1v) is 15.4. The van der Waals surface area contributed by atoms with Crippen LogP contribution in [0.15, 0.2) is 42.5 Å². The molecule has 0 bridgehead atoms. The molecule has 2 fully saturated rings. The maximum atomic E-state index is 13.5. The van der Waals surface area contributed by atoms with Gasteiger partial charge in [-0.25, -0.2) is 14.0 Å². The Labute approximate surface area is 245 Å². The molecule has 8 heteroatoms. The van der Waals surface area contributed by atoms with Crippen LogP contribution in [0.4, 0.5) is 19.7 Å². The fraction of sp³-hybridized carbons (Fsp3) is 0.576. The second-order valence-electron chi connectivity index (χ2n) is 12.2. The van der Waals surface area contributed by atoms with Gasteiger partial charge in [-0.3, -0.25) is 4.90 Å². The number of carbonyl (C=O) groups excluding carboxylic acids is 2. The van der Waals surface area contributed by atoms with E-state index in [4.69, 9.17) is 0 Å². The summed E-state index contributed by atoms with van der Waals surface area (Å²) >= 11 is 0. The number of benzene rings is 2. The fourth-order valence-electron chi connectivity index (χ4n) is 5.89. The molecule has 2 aromatic rings. The van der Waals surface area contributed by atoms with E-state index in [1.807, 2.05) is 9.80 Å². The number of urea groups is 2. The highest BCUT2D eigenvalue weighted by molar-refractivity contribution is 5.91. The van der Waals surface area contributed by atoms with Gasteiger partial charge in [-0.05, 0) is 53.5 Å². The number of hydrogen-bond acceptors (Lipinski definition) is 3. The summed E-state index contributed by atoms with van der Waals surface area (Å²) in [4.78, 5) is 32.6. The summed E-state index contributed by atoms with van der Waals surface area (Å²) in [5.41, 5.74) is 4.19. The number of carbonyl (C=O) groups is 2. The van der Waals surface area contributed by atoms with Crippen molar-refractivity contribution in [1.82, 2.24) is 20.0 Å². The highest BCUT2D eigenvalue weighted by atomic mass is 19.1. The first-order valence-electron chi connectivity index (χ1n) is 15.4. The molecule has 7 nitrogen and oxygen atoms in total. The number of halogens is 1. The van der Waals surface area contributed by atoms with E-state index < -0.39 is 0 Å². The summed E-state index contributed by atoms with van der Waals surface area (Å²) in [6.07, 6.45) is 5.60. The molecule has 0 atom stereocenters. The molecule has 41 heavy (non-hydrogen) atoms. The van der Waals surface area contributed by atoms with Crippen molar-refractivity contribution in [1.29, 1.82) is 0 Å². The van der Waals surface area contributed by atoms with Crippen molar-refractivity contribution in [3.63, 3.8) is 0 Å². The monoisotopic (exact) mass is 565 g/mol. The lowest BCUT2D eigenvalue weighted by molar-refractivity contribution is 0.133. The van der Waals surface area contributed by atoms with E-state index in [0.717, 1.165) is 67.7 Å². The Morgan fingerprint density at radius 2 is 1.51 bits per heavy atom. The van der Waals surface area contributed by atoms with E-state index in [1.54, 1.807) is 12.1 Å². The number of piperazine rings is 1. The van der Waals surface area contributed by atoms with Gasteiger partial charge >= 0.3 is 12.1 Å². The van der Waals surface area contributed by atoms with E-state index in [2.05, 4.69) is 61.4 Å². The van der Waals surface area contributed by atoms with Gasteiger partial charge in [0.1, 0.15) is 5.82 Å². The van der Waals surface area contributed by atoms with Crippen LogP contribution in [-0.4, -0.2) is 72.1 Å². The van der Waals surface area contributed by atoms with Crippen molar-refractivity contribution < 1.29 is 14.0 Å². The van der Waals surface area contributed by atoms with E-state index in [9.17, 15) is 14.0 Å². The Kier molecular flexibility index (Phi) is 11.0. The van der Waals surface area contributed by atoms with Gasteiger partial charge < -0.3 is 20.4 Å². The number of anilines is 1. The quantitative estimate of drug-likeness (QED) is 0.353. The maximum absolute atomic E-state index is 13.5. The van der Waals surface area contributed by atoms with Gasteiger partial charge in [0, 0.05) is 57.5 Å². The lowest BCUT2D eigenvalue weighted by Gasteiger charge is -2.36. The van der Waals surface area contributed by atoms with Crippen LogP contribution in [0.3, 0.4) is 0 Å². The van der Waals surface area contributed by atoms with E-state index in [1.165, 1.54) is 18.6 Å². The molecule has 1 aliphatic heterocycles. The highest BCUT2D eigenvalue weighted by Gasteiger charge is 2.25. The predicted molar refractivity (Wildman–Crippen MR) is 164 cm³/mol. The number of amides is 4. The fourth-order valence-corrected chi connectivity index (χ4v) is 5.89. The summed E-state index contributed by atoms with van der Waals surface area (Å²) < 4.78 is 13.5. The zero-order valence-electron chi connectivity index (χ0n) is 25.3. The zero-order valence-corrected chi connectivity index (χ0v) is 25.3. The molecular formula is C33H48FN5O2. The second kappa shape index (κ2) is 14.7. The molecule has 1 aliphatic carbocycles.